The minimum Gasteiger partial charge on any atom is -0.479 e. The number of rotatable bonds is 8. The number of carboxylic acid groups (broad SMARTS) is 1. The van der Waals surface area contributed by atoms with Crippen LogP contribution >= 0.6 is 11.3 Å². The van der Waals surface area contributed by atoms with Gasteiger partial charge in [-0.1, -0.05) is 31.5 Å². The van der Waals surface area contributed by atoms with Crippen molar-refractivity contribution in [3.63, 3.8) is 0 Å². The highest BCUT2D eigenvalue weighted by Gasteiger charge is 2.31. The summed E-state index contributed by atoms with van der Waals surface area (Å²) in [5.41, 5.74) is -2.07. The molecule has 0 saturated heterocycles. The third kappa shape index (κ3) is 4.80. The van der Waals surface area contributed by atoms with Crippen LogP contribution < -0.4 is 10.6 Å². The van der Waals surface area contributed by atoms with E-state index in [1.807, 2.05) is 31.2 Å². The molecule has 0 saturated carbocycles. The number of nitrogens with one attached hydrogen (secondary N) is 2. The first kappa shape index (κ1) is 19.9. The van der Waals surface area contributed by atoms with Crippen molar-refractivity contribution in [3.8, 4) is 0 Å². The Balaban J connectivity index is 2.05. The van der Waals surface area contributed by atoms with Gasteiger partial charge in [-0.05, 0) is 30.9 Å². The number of aliphatic hydroxyl groups is 1. The second-order valence-corrected chi connectivity index (χ2v) is 7.34. The van der Waals surface area contributed by atoms with Crippen molar-refractivity contribution < 1.29 is 24.6 Å². The fourth-order valence-corrected chi connectivity index (χ4v) is 3.30. The average Bonchev–Trinajstić information content (AvgIpc) is 3.03. The molecule has 2 amide bonds. The lowest BCUT2D eigenvalue weighted by molar-refractivity contribution is -0.156. The molecule has 2 rings (SSSR count). The molecule has 2 unspecified atom stereocenters. The summed E-state index contributed by atoms with van der Waals surface area (Å²) in [5.74, 6) is -2.31. The Bertz CT molecular complexity index is 782. The summed E-state index contributed by atoms with van der Waals surface area (Å²) in [7, 11) is 0. The number of hydrogen-bond donors (Lipinski definition) is 4. The Morgan fingerprint density at radius 1 is 1.27 bits per heavy atom. The van der Waals surface area contributed by atoms with E-state index in [0.717, 1.165) is 17.0 Å². The molecule has 0 spiro atoms. The number of carbonyl (C=O) groups excluding carboxylic acids is 2. The van der Waals surface area contributed by atoms with E-state index in [1.54, 1.807) is 6.07 Å². The Kier molecular flexibility index (Phi) is 6.33. The number of fused-ring (bicyclic) bond motifs is 1. The number of hydrogen-bond acceptors (Lipinski definition) is 5. The predicted molar refractivity (Wildman–Crippen MR) is 99.3 cm³/mol. The molecular formula is C18H22N2O5S. The van der Waals surface area contributed by atoms with Crippen LogP contribution in [-0.2, 0) is 9.59 Å². The lowest BCUT2D eigenvalue weighted by Crippen LogP contribution is -2.52. The molecule has 7 nitrogen and oxygen atoms in total. The SMILES string of the molecule is CCCC(NC(=O)c1cc2ccccc2s1)C(=O)NCC(C)(O)C(=O)O. The van der Waals surface area contributed by atoms with E-state index in [0.29, 0.717) is 17.7 Å². The molecule has 8 heteroatoms. The van der Waals surface area contributed by atoms with Crippen molar-refractivity contribution in [2.24, 2.45) is 0 Å². The summed E-state index contributed by atoms with van der Waals surface area (Å²) >= 11 is 1.34. The molecule has 4 N–H and O–H groups in total. The van der Waals surface area contributed by atoms with Crippen LogP contribution in [0.5, 0.6) is 0 Å². The van der Waals surface area contributed by atoms with Gasteiger partial charge in [0.2, 0.25) is 5.91 Å². The fourth-order valence-electron chi connectivity index (χ4n) is 2.34. The highest BCUT2D eigenvalue weighted by atomic mass is 32.1. The Morgan fingerprint density at radius 2 is 1.96 bits per heavy atom. The lowest BCUT2D eigenvalue weighted by Gasteiger charge is -2.22. The normalized spacial score (nSPS) is 14.4. The highest BCUT2D eigenvalue weighted by molar-refractivity contribution is 7.20. The van der Waals surface area contributed by atoms with Gasteiger partial charge in [0.15, 0.2) is 5.60 Å². The molecule has 2 aromatic rings. The number of thiophene rings is 1. The smallest absolute Gasteiger partial charge is 0.337 e. The molecule has 26 heavy (non-hydrogen) atoms. The third-order valence-electron chi connectivity index (χ3n) is 3.92. The van der Waals surface area contributed by atoms with E-state index < -0.39 is 30.1 Å². The van der Waals surface area contributed by atoms with Crippen LogP contribution in [0.4, 0.5) is 0 Å². The summed E-state index contributed by atoms with van der Waals surface area (Å²) in [6.07, 6.45) is 1.05. The minimum atomic E-state index is -2.07. The Morgan fingerprint density at radius 3 is 2.58 bits per heavy atom. The molecule has 0 bridgehead atoms. The van der Waals surface area contributed by atoms with E-state index in [4.69, 9.17) is 5.11 Å². The zero-order chi connectivity index (χ0) is 19.3. The summed E-state index contributed by atoms with van der Waals surface area (Å²) in [6, 6.07) is 8.57. The van der Waals surface area contributed by atoms with Crippen LogP contribution in [0.1, 0.15) is 36.4 Å². The van der Waals surface area contributed by atoms with E-state index >= 15 is 0 Å². The van der Waals surface area contributed by atoms with Gasteiger partial charge in [-0.2, -0.15) is 0 Å². The van der Waals surface area contributed by atoms with Gasteiger partial charge in [-0.25, -0.2) is 4.79 Å². The van der Waals surface area contributed by atoms with E-state index in [-0.39, 0.29) is 5.91 Å². The fraction of sp³-hybridized carbons (Fsp3) is 0.389. The summed E-state index contributed by atoms with van der Waals surface area (Å²) in [6.45, 7) is 2.53. The molecule has 1 aromatic heterocycles. The van der Waals surface area contributed by atoms with Crippen molar-refractivity contribution in [1.29, 1.82) is 0 Å². The van der Waals surface area contributed by atoms with Crippen LogP contribution in [-0.4, -0.2) is 46.2 Å². The monoisotopic (exact) mass is 378 g/mol. The molecule has 0 radical (unpaired) electrons. The standard InChI is InChI=1S/C18H22N2O5S/c1-3-6-12(15(21)19-10-18(2,25)17(23)24)20-16(22)14-9-11-7-4-5-8-13(11)26-14/h4-5,7-9,12,25H,3,6,10H2,1-2H3,(H,19,21)(H,20,22)(H,23,24). The van der Waals surface area contributed by atoms with Crippen LogP contribution in [0, 0.1) is 0 Å². The summed E-state index contributed by atoms with van der Waals surface area (Å²) < 4.78 is 0.978. The van der Waals surface area contributed by atoms with Gasteiger partial charge in [0.25, 0.3) is 5.91 Å². The first-order chi connectivity index (χ1) is 12.2. The lowest BCUT2D eigenvalue weighted by atomic mass is 10.1. The maximum Gasteiger partial charge on any atom is 0.337 e. The second-order valence-electron chi connectivity index (χ2n) is 6.26. The molecular weight excluding hydrogens is 356 g/mol. The summed E-state index contributed by atoms with van der Waals surface area (Å²) in [5, 5.41) is 24.6. The zero-order valence-electron chi connectivity index (χ0n) is 14.6. The average molecular weight is 378 g/mol. The topological polar surface area (TPSA) is 116 Å². The molecule has 1 heterocycles. The van der Waals surface area contributed by atoms with Gasteiger partial charge in [0.1, 0.15) is 6.04 Å². The van der Waals surface area contributed by atoms with Gasteiger partial charge in [-0.15, -0.1) is 11.3 Å². The van der Waals surface area contributed by atoms with Crippen LogP contribution in [0.15, 0.2) is 30.3 Å². The Hall–Kier alpha value is -2.45. The molecule has 0 aliphatic heterocycles. The minimum absolute atomic E-state index is 0.357. The van der Waals surface area contributed by atoms with Gasteiger partial charge in [0, 0.05) is 4.70 Å². The van der Waals surface area contributed by atoms with Crippen LogP contribution in [0.25, 0.3) is 10.1 Å². The number of carbonyl (C=O) groups is 3. The first-order valence-corrected chi connectivity index (χ1v) is 9.09. The van der Waals surface area contributed by atoms with Gasteiger partial charge >= 0.3 is 5.97 Å². The van der Waals surface area contributed by atoms with Crippen molar-refractivity contribution in [2.75, 3.05) is 6.54 Å². The van der Waals surface area contributed by atoms with Crippen molar-refractivity contribution >= 4 is 39.2 Å². The Labute approximate surface area is 155 Å². The quantitative estimate of drug-likeness (QED) is 0.559. The number of amides is 2. The molecule has 0 fully saturated rings. The van der Waals surface area contributed by atoms with E-state index in [1.165, 1.54) is 11.3 Å². The molecule has 2 atom stereocenters. The predicted octanol–water partition coefficient (Wildman–Crippen LogP) is 1.75. The molecule has 140 valence electrons. The van der Waals surface area contributed by atoms with Gasteiger partial charge in [-0.3, -0.25) is 9.59 Å². The number of benzene rings is 1. The molecule has 1 aromatic carbocycles. The molecule has 0 aliphatic carbocycles. The maximum absolute atomic E-state index is 12.5. The van der Waals surface area contributed by atoms with E-state index in [9.17, 15) is 19.5 Å². The number of aliphatic carboxylic acids is 1. The highest BCUT2D eigenvalue weighted by Crippen LogP contribution is 2.25. The van der Waals surface area contributed by atoms with Gasteiger partial charge < -0.3 is 20.8 Å². The van der Waals surface area contributed by atoms with Crippen molar-refractivity contribution in [3.05, 3.63) is 35.2 Å². The zero-order valence-corrected chi connectivity index (χ0v) is 15.4. The van der Waals surface area contributed by atoms with Crippen molar-refractivity contribution in [2.45, 2.75) is 38.3 Å². The van der Waals surface area contributed by atoms with E-state index in [2.05, 4.69) is 10.6 Å². The summed E-state index contributed by atoms with van der Waals surface area (Å²) in [4.78, 5) is 36.2. The third-order valence-corrected chi connectivity index (χ3v) is 5.03. The van der Waals surface area contributed by atoms with Crippen molar-refractivity contribution in [1.82, 2.24) is 10.6 Å². The molecule has 0 aliphatic rings. The van der Waals surface area contributed by atoms with Gasteiger partial charge in [0.05, 0.1) is 11.4 Å². The van der Waals surface area contributed by atoms with Crippen LogP contribution in [0.2, 0.25) is 0 Å². The van der Waals surface area contributed by atoms with Crippen LogP contribution in [0.3, 0.4) is 0 Å². The maximum atomic E-state index is 12.5. The number of carboxylic acids is 1. The second kappa shape index (κ2) is 8.29. The largest absolute Gasteiger partial charge is 0.479 e. The first-order valence-electron chi connectivity index (χ1n) is 8.27.